The molecular weight excluding hydrogens is 394 g/mol. The molecule has 3 amide bonds. The average Bonchev–Trinajstić information content (AvgIpc) is 2.73. The number of hydrogen-bond acceptors (Lipinski definition) is 4. The summed E-state index contributed by atoms with van der Waals surface area (Å²) in [4.78, 5) is 29.6. The smallest absolute Gasteiger partial charge is 0.325 e. The third-order valence-electron chi connectivity index (χ3n) is 5.69. The molecule has 4 rings (SSSR count). The molecule has 0 bridgehead atoms. The molecule has 0 spiro atoms. The lowest BCUT2D eigenvalue weighted by atomic mass is 9.85. The molecule has 2 aromatic rings. The number of nitrogens with zero attached hydrogens (tertiary/aromatic N) is 2. The number of para-hydroxylation sites is 1. The van der Waals surface area contributed by atoms with Gasteiger partial charge in [0.05, 0.1) is 25.9 Å². The average molecular weight is 424 g/mol. The van der Waals surface area contributed by atoms with Crippen LogP contribution in [0, 0.1) is 0 Å². The standard InChI is InChI=1S/C24H29N3O4/c1-24(2,3)25-21(28)14-27-18-9-7-6-8-16(18)22-17-13-20(31-5)19(30-4)12-15(17)10-11-26(22)23(27)29/h6-9,12-13,22H,10-11,14H2,1-5H3,(H,25,28)/t22-/m0/s1. The van der Waals surface area contributed by atoms with Crippen LogP contribution < -0.4 is 19.7 Å². The van der Waals surface area contributed by atoms with Crippen molar-refractivity contribution in [3.05, 3.63) is 53.1 Å². The van der Waals surface area contributed by atoms with Crippen LogP contribution in [-0.4, -0.2) is 49.7 Å². The summed E-state index contributed by atoms with van der Waals surface area (Å²) in [6.07, 6.45) is 0.710. The van der Waals surface area contributed by atoms with Crippen LogP contribution in [0.25, 0.3) is 0 Å². The first kappa shape index (κ1) is 21.0. The molecular formula is C24H29N3O4. The van der Waals surface area contributed by atoms with E-state index in [1.165, 1.54) is 0 Å². The highest BCUT2D eigenvalue weighted by atomic mass is 16.5. The van der Waals surface area contributed by atoms with Crippen molar-refractivity contribution in [1.82, 2.24) is 10.2 Å². The summed E-state index contributed by atoms with van der Waals surface area (Å²) in [7, 11) is 3.24. The molecule has 0 aromatic heterocycles. The number of hydrogen-bond donors (Lipinski definition) is 1. The summed E-state index contributed by atoms with van der Waals surface area (Å²) >= 11 is 0. The van der Waals surface area contributed by atoms with Gasteiger partial charge in [-0.3, -0.25) is 9.69 Å². The summed E-state index contributed by atoms with van der Waals surface area (Å²) in [5.74, 6) is 1.14. The highest BCUT2D eigenvalue weighted by Gasteiger charge is 2.42. The van der Waals surface area contributed by atoms with Crippen LogP contribution in [0.5, 0.6) is 11.5 Å². The lowest BCUT2D eigenvalue weighted by Gasteiger charge is -2.45. The molecule has 0 aliphatic carbocycles. The normalized spacial score (nSPS) is 17.5. The molecule has 0 fully saturated rings. The second-order valence-electron chi connectivity index (χ2n) is 8.98. The largest absolute Gasteiger partial charge is 0.493 e. The van der Waals surface area contributed by atoms with E-state index in [2.05, 4.69) is 5.32 Å². The monoisotopic (exact) mass is 423 g/mol. The Kier molecular flexibility index (Phi) is 5.29. The Hall–Kier alpha value is -3.22. The van der Waals surface area contributed by atoms with Crippen LogP contribution >= 0.6 is 0 Å². The van der Waals surface area contributed by atoms with E-state index in [1.807, 2.05) is 62.1 Å². The topological polar surface area (TPSA) is 71.1 Å². The maximum atomic E-state index is 13.5. The lowest BCUT2D eigenvalue weighted by molar-refractivity contribution is -0.121. The quantitative estimate of drug-likeness (QED) is 0.817. The molecule has 2 heterocycles. The van der Waals surface area contributed by atoms with Gasteiger partial charge in [-0.05, 0) is 56.5 Å². The van der Waals surface area contributed by atoms with Gasteiger partial charge < -0.3 is 19.7 Å². The number of urea groups is 1. The number of anilines is 1. The second-order valence-corrected chi connectivity index (χ2v) is 8.98. The van der Waals surface area contributed by atoms with Gasteiger partial charge in [-0.15, -0.1) is 0 Å². The minimum absolute atomic E-state index is 0.0187. The van der Waals surface area contributed by atoms with Crippen LogP contribution in [0.3, 0.4) is 0 Å². The number of carbonyl (C=O) groups excluding carboxylic acids is 2. The Balaban J connectivity index is 1.77. The molecule has 0 saturated heterocycles. The van der Waals surface area contributed by atoms with Crippen molar-refractivity contribution in [1.29, 1.82) is 0 Å². The highest BCUT2D eigenvalue weighted by Crippen LogP contribution is 2.46. The number of nitrogens with one attached hydrogen (secondary N) is 1. The van der Waals surface area contributed by atoms with Crippen molar-refractivity contribution in [3.63, 3.8) is 0 Å². The van der Waals surface area contributed by atoms with Crippen LogP contribution in [0.2, 0.25) is 0 Å². The first-order valence-electron chi connectivity index (χ1n) is 10.5. The summed E-state index contributed by atoms with van der Waals surface area (Å²) in [5, 5.41) is 2.95. The third-order valence-corrected chi connectivity index (χ3v) is 5.69. The number of benzene rings is 2. The lowest BCUT2D eigenvalue weighted by Crippen LogP contribution is -2.55. The maximum absolute atomic E-state index is 13.5. The van der Waals surface area contributed by atoms with Crippen molar-refractivity contribution < 1.29 is 19.1 Å². The molecule has 0 unspecified atom stereocenters. The molecule has 0 radical (unpaired) electrons. The van der Waals surface area contributed by atoms with Gasteiger partial charge in [0.2, 0.25) is 5.91 Å². The SMILES string of the molecule is COc1cc2c(cc1OC)[C@@H]1c3ccccc3N(CC(=O)NC(C)(C)C)C(=O)N1CC2. The molecule has 2 aliphatic rings. The fourth-order valence-corrected chi connectivity index (χ4v) is 4.46. The van der Waals surface area contributed by atoms with Gasteiger partial charge in [-0.25, -0.2) is 4.79 Å². The molecule has 0 saturated carbocycles. The minimum atomic E-state index is -0.363. The van der Waals surface area contributed by atoms with Crippen LogP contribution in [0.4, 0.5) is 10.5 Å². The summed E-state index contributed by atoms with van der Waals surface area (Å²) in [5.41, 5.74) is 3.57. The van der Waals surface area contributed by atoms with E-state index >= 15 is 0 Å². The van der Waals surface area contributed by atoms with Gasteiger partial charge in [0.1, 0.15) is 6.54 Å². The molecule has 7 heteroatoms. The van der Waals surface area contributed by atoms with Crippen LogP contribution in [0.1, 0.15) is 43.5 Å². The number of amides is 3. The summed E-state index contributed by atoms with van der Waals surface area (Å²) < 4.78 is 11.0. The Bertz CT molecular complexity index is 1030. The Morgan fingerprint density at radius 3 is 2.45 bits per heavy atom. The van der Waals surface area contributed by atoms with Crippen molar-refractivity contribution in [2.45, 2.75) is 38.8 Å². The van der Waals surface area contributed by atoms with Crippen LogP contribution in [0.15, 0.2) is 36.4 Å². The van der Waals surface area contributed by atoms with Crippen molar-refractivity contribution in [2.75, 3.05) is 32.2 Å². The van der Waals surface area contributed by atoms with Gasteiger partial charge in [0, 0.05) is 17.6 Å². The van der Waals surface area contributed by atoms with E-state index in [1.54, 1.807) is 19.1 Å². The van der Waals surface area contributed by atoms with E-state index < -0.39 is 0 Å². The zero-order chi connectivity index (χ0) is 22.3. The predicted molar refractivity (Wildman–Crippen MR) is 119 cm³/mol. The zero-order valence-corrected chi connectivity index (χ0v) is 18.7. The zero-order valence-electron chi connectivity index (χ0n) is 18.7. The fourth-order valence-electron chi connectivity index (χ4n) is 4.46. The van der Waals surface area contributed by atoms with Gasteiger partial charge in [-0.2, -0.15) is 0 Å². The van der Waals surface area contributed by atoms with E-state index in [0.29, 0.717) is 24.5 Å². The third kappa shape index (κ3) is 3.80. The second kappa shape index (κ2) is 7.80. The first-order chi connectivity index (χ1) is 14.7. The number of carbonyl (C=O) groups is 2. The van der Waals surface area contributed by atoms with Gasteiger partial charge in [0.15, 0.2) is 11.5 Å². The Morgan fingerprint density at radius 2 is 1.77 bits per heavy atom. The van der Waals surface area contributed by atoms with Crippen molar-refractivity contribution >= 4 is 17.6 Å². The maximum Gasteiger partial charge on any atom is 0.325 e. The molecule has 164 valence electrons. The first-order valence-corrected chi connectivity index (χ1v) is 10.5. The fraction of sp³-hybridized carbons (Fsp3) is 0.417. The molecule has 2 aliphatic heterocycles. The molecule has 31 heavy (non-hydrogen) atoms. The Labute approximate surface area is 182 Å². The van der Waals surface area contributed by atoms with E-state index in [4.69, 9.17) is 9.47 Å². The van der Waals surface area contributed by atoms with Gasteiger partial charge in [-0.1, -0.05) is 18.2 Å². The van der Waals surface area contributed by atoms with E-state index in [0.717, 1.165) is 22.4 Å². The predicted octanol–water partition coefficient (Wildman–Crippen LogP) is 3.51. The molecule has 2 aromatic carbocycles. The van der Waals surface area contributed by atoms with Gasteiger partial charge in [0.25, 0.3) is 0 Å². The number of methoxy groups -OCH3 is 2. The molecule has 1 N–H and O–H groups in total. The van der Waals surface area contributed by atoms with Crippen molar-refractivity contribution in [2.24, 2.45) is 0 Å². The minimum Gasteiger partial charge on any atom is -0.493 e. The number of fused-ring (bicyclic) bond motifs is 5. The number of ether oxygens (including phenoxy) is 2. The molecule has 1 atom stereocenters. The molecule has 7 nitrogen and oxygen atoms in total. The van der Waals surface area contributed by atoms with Crippen molar-refractivity contribution in [3.8, 4) is 11.5 Å². The highest BCUT2D eigenvalue weighted by molar-refractivity contribution is 6.01. The van der Waals surface area contributed by atoms with E-state index in [9.17, 15) is 9.59 Å². The van der Waals surface area contributed by atoms with Gasteiger partial charge >= 0.3 is 6.03 Å². The van der Waals surface area contributed by atoms with E-state index in [-0.39, 0.29) is 30.1 Å². The van der Waals surface area contributed by atoms with Crippen LogP contribution in [-0.2, 0) is 11.2 Å². The summed E-state index contributed by atoms with van der Waals surface area (Å²) in [6.45, 7) is 6.33. The Morgan fingerprint density at radius 1 is 1.10 bits per heavy atom. The number of rotatable bonds is 4. The summed E-state index contributed by atoms with van der Waals surface area (Å²) in [6, 6.07) is 11.4.